The summed E-state index contributed by atoms with van der Waals surface area (Å²) in [7, 11) is 0. The van der Waals surface area contributed by atoms with Crippen molar-refractivity contribution in [2.75, 3.05) is 6.54 Å². The molecule has 3 atom stereocenters. The molecule has 4 nitrogen and oxygen atoms in total. The Labute approximate surface area is 103 Å². The first-order valence-electron chi connectivity index (χ1n) is 6.60. The molecule has 17 heavy (non-hydrogen) atoms. The Morgan fingerprint density at radius 2 is 2.00 bits per heavy atom. The minimum Gasteiger partial charge on any atom is -0.444 e. The molecule has 3 aliphatic rings. The first-order chi connectivity index (χ1) is 7.85. The van der Waals surface area contributed by atoms with E-state index in [9.17, 15) is 4.79 Å². The zero-order chi connectivity index (χ0) is 12.6. The summed E-state index contributed by atoms with van der Waals surface area (Å²) in [6.07, 6.45) is 4.10. The topological polar surface area (TPSA) is 55.6 Å². The van der Waals surface area contributed by atoms with E-state index in [4.69, 9.17) is 10.5 Å². The quantitative estimate of drug-likeness (QED) is 0.705. The van der Waals surface area contributed by atoms with Crippen molar-refractivity contribution < 1.29 is 9.53 Å². The van der Waals surface area contributed by atoms with Crippen LogP contribution in [0.3, 0.4) is 0 Å². The van der Waals surface area contributed by atoms with Crippen molar-refractivity contribution in [2.24, 2.45) is 11.7 Å². The van der Waals surface area contributed by atoms with Crippen LogP contribution in [0.4, 0.5) is 4.79 Å². The lowest BCUT2D eigenvalue weighted by atomic mass is 9.95. The van der Waals surface area contributed by atoms with Crippen LogP contribution >= 0.6 is 0 Å². The van der Waals surface area contributed by atoms with Gasteiger partial charge in [0, 0.05) is 18.6 Å². The van der Waals surface area contributed by atoms with Gasteiger partial charge in [0.05, 0.1) is 0 Å². The number of nitrogens with zero attached hydrogens (tertiary/aromatic N) is 1. The third kappa shape index (κ3) is 3.12. The number of carbonyl (C=O) groups excluding carboxylic acids is 1. The molecule has 1 aliphatic carbocycles. The van der Waals surface area contributed by atoms with E-state index < -0.39 is 5.60 Å². The van der Waals surface area contributed by atoms with Crippen LogP contribution in [-0.2, 0) is 4.74 Å². The van der Waals surface area contributed by atoms with Gasteiger partial charge in [0.15, 0.2) is 0 Å². The normalized spacial score (nSPS) is 33.4. The monoisotopic (exact) mass is 240 g/mol. The summed E-state index contributed by atoms with van der Waals surface area (Å²) in [6.45, 7) is 6.55. The minimum absolute atomic E-state index is 0.165. The zero-order valence-electron chi connectivity index (χ0n) is 11.1. The summed E-state index contributed by atoms with van der Waals surface area (Å²) in [5.41, 5.74) is 5.65. The Balaban J connectivity index is 2.04. The highest BCUT2D eigenvalue weighted by Gasteiger charge is 2.38. The van der Waals surface area contributed by atoms with Gasteiger partial charge in [0.25, 0.3) is 0 Å². The van der Waals surface area contributed by atoms with Crippen molar-refractivity contribution in [3.8, 4) is 0 Å². The largest absolute Gasteiger partial charge is 0.444 e. The second-order valence-corrected chi connectivity index (χ2v) is 6.46. The third-order valence-corrected chi connectivity index (χ3v) is 3.64. The van der Waals surface area contributed by atoms with Gasteiger partial charge in [-0.15, -0.1) is 0 Å². The standard InChI is InChI=1S/C13H24N2O2/c1-13(2,3)17-12(16)15-8-9-4-5-11(15)7-10(14)6-9/h9-11H,4-8,14H2,1-3H3/t9-,10?,11+/m1/s1. The summed E-state index contributed by atoms with van der Waals surface area (Å²) in [5.74, 6) is 0.566. The maximum Gasteiger partial charge on any atom is 0.410 e. The number of hydrogen-bond acceptors (Lipinski definition) is 3. The molecule has 0 aromatic rings. The highest BCUT2D eigenvalue weighted by Crippen LogP contribution is 2.33. The number of piperidine rings is 1. The van der Waals surface area contributed by atoms with Gasteiger partial charge in [-0.3, -0.25) is 0 Å². The number of fused-ring (bicyclic) bond motifs is 4. The number of hydrogen-bond donors (Lipinski definition) is 1. The summed E-state index contributed by atoms with van der Waals surface area (Å²) < 4.78 is 5.47. The second-order valence-electron chi connectivity index (χ2n) is 6.46. The lowest BCUT2D eigenvalue weighted by molar-refractivity contribution is 0.00611. The summed E-state index contributed by atoms with van der Waals surface area (Å²) in [5, 5.41) is 0. The highest BCUT2D eigenvalue weighted by molar-refractivity contribution is 5.68. The number of carbonyl (C=O) groups is 1. The van der Waals surface area contributed by atoms with Crippen LogP contribution in [0.15, 0.2) is 0 Å². The SMILES string of the molecule is CC(C)(C)OC(=O)N1C[C@@H]2CC[C@H]1CC(N)C2. The van der Waals surface area contributed by atoms with Crippen LogP contribution in [0.2, 0.25) is 0 Å². The molecule has 0 aromatic carbocycles. The zero-order valence-corrected chi connectivity index (χ0v) is 11.1. The van der Waals surface area contributed by atoms with Crippen LogP contribution in [0.1, 0.15) is 46.5 Å². The van der Waals surface area contributed by atoms with E-state index in [1.165, 1.54) is 6.42 Å². The molecule has 2 N–H and O–H groups in total. The fraction of sp³-hybridized carbons (Fsp3) is 0.923. The lowest BCUT2D eigenvalue weighted by Crippen LogP contribution is -2.47. The van der Waals surface area contributed by atoms with Gasteiger partial charge in [-0.1, -0.05) is 0 Å². The van der Waals surface area contributed by atoms with E-state index in [0.717, 1.165) is 25.8 Å². The predicted octanol–water partition coefficient (Wildman–Crippen LogP) is 2.12. The smallest absolute Gasteiger partial charge is 0.410 e. The molecule has 2 bridgehead atoms. The molecule has 98 valence electrons. The Morgan fingerprint density at radius 1 is 1.29 bits per heavy atom. The Kier molecular flexibility index (Phi) is 3.34. The Hall–Kier alpha value is -0.770. The average molecular weight is 240 g/mol. The van der Waals surface area contributed by atoms with E-state index in [2.05, 4.69) is 0 Å². The molecular weight excluding hydrogens is 216 g/mol. The van der Waals surface area contributed by atoms with E-state index in [1.807, 2.05) is 25.7 Å². The van der Waals surface area contributed by atoms with Crippen molar-refractivity contribution in [1.29, 1.82) is 0 Å². The minimum atomic E-state index is -0.412. The highest BCUT2D eigenvalue weighted by atomic mass is 16.6. The van der Waals surface area contributed by atoms with Gasteiger partial charge < -0.3 is 15.4 Å². The molecule has 4 heteroatoms. The summed E-state index contributed by atoms with van der Waals surface area (Å²) in [4.78, 5) is 14.0. The molecular formula is C13H24N2O2. The lowest BCUT2D eigenvalue weighted by Gasteiger charge is -2.37. The molecule has 1 amide bonds. The Morgan fingerprint density at radius 3 is 2.65 bits per heavy atom. The molecule has 2 saturated heterocycles. The number of rotatable bonds is 0. The summed E-state index contributed by atoms with van der Waals surface area (Å²) >= 11 is 0. The first kappa shape index (κ1) is 12.7. The molecule has 3 fully saturated rings. The molecule has 2 aliphatic heterocycles. The van der Waals surface area contributed by atoms with Crippen LogP contribution < -0.4 is 5.73 Å². The van der Waals surface area contributed by atoms with Gasteiger partial charge in [0.2, 0.25) is 0 Å². The fourth-order valence-corrected chi connectivity index (χ4v) is 2.96. The third-order valence-electron chi connectivity index (χ3n) is 3.64. The van der Waals surface area contributed by atoms with E-state index >= 15 is 0 Å². The van der Waals surface area contributed by atoms with Gasteiger partial charge in [-0.2, -0.15) is 0 Å². The van der Waals surface area contributed by atoms with E-state index in [-0.39, 0.29) is 12.1 Å². The van der Waals surface area contributed by atoms with Crippen LogP contribution in [0, 0.1) is 5.92 Å². The van der Waals surface area contributed by atoms with Gasteiger partial charge in [-0.05, 0) is 52.4 Å². The molecule has 0 radical (unpaired) electrons. The van der Waals surface area contributed by atoms with Crippen molar-refractivity contribution in [3.63, 3.8) is 0 Å². The van der Waals surface area contributed by atoms with Crippen LogP contribution in [0.25, 0.3) is 0 Å². The maximum absolute atomic E-state index is 12.1. The fourth-order valence-electron chi connectivity index (χ4n) is 2.96. The van der Waals surface area contributed by atoms with Crippen molar-refractivity contribution in [3.05, 3.63) is 0 Å². The Bertz CT molecular complexity index is 298. The molecule has 0 aromatic heterocycles. The number of amides is 1. The van der Waals surface area contributed by atoms with E-state index in [1.54, 1.807) is 0 Å². The van der Waals surface area contributed by atoms with Crippen LogP contribution in [-0.4, -0.2) is 35.2 Å². The molecule has 1 saturated carbocycles. The average Bonchev–Trinajstić information content (AvgIpc) is 2.43. The van der Waals surface area contributed by atoms with Crippen molar-refractivity contribution >= 4 is 6.09 Å². The maximum atomic E-state index is 12.1. The molecule has 1 unspecified atom stereocenters. The molecule has 2 heterocycles. The molecule has 3 rings (SSSR count). The van der Waals surface area contributed by atoms with Crippen LogP contribution in [0.5, 0.6) is 0 Å². The van der Waals surface area contributed by atoms with Gasteiger partial charge >= 0.3 is 6.09 Å². The predicted molar refractivity (Wildman–Crippen MR) is 66.7 cm³/mol. The van der Waals surface area contributed by atoms with Gasteiger partial charge in [-0.25, -0.2) is 4.79 Å². The number of nitrogens with two attached hydrogens (primary N) is 1. The van der Waals surface area contributed by atoms with Crippen molar-refractivity contribution in [2.45, 2.75) is 64.1 Å². The van der Waals surface area contributed by atoms with E-state index in [0.29, 0.717) is 12.0 Å². The second kappa shape index (κ2) is 4.48. The van der Waals surface area contributed by atoms with Crippen molar-refractivity contribution in [1.82, 2.24) is 4.90 Å². The summed E-state index contributed by atoms with van der Waals surface area (Å²) in [6, 6.07) is 0.540. The van der Waals surface area contributed by atoms with Gasteiger partial charge in [0.1, 0.15) is 5.60 Å². The number of ether oxygens (including phenoxy) is 1. The first-order valence-corrected chi connectivity index (χ1v) is 6.60. The molecule has 0 spiro atoms.